The number of nitrogens with two attached hydrogens (primary N) is 1. The molecule has 0 radical (unpaired) electrons. The van der Waals surface area contributed by atoms with E-state index in [-0.39, 0.29) is 11.2 Å². The van der Waals surface area contributed by atoms with E-state index in [0.29, 0.717) is 0 Å². The van der Waals surface area contributed by atoms with Crippen LogP contribution in [0.4, 0.5) is 0 Å². The van der Waals surface area contributed by atoms with Crippen LogP contribution in [0.1, 0.15) is 42.1 Å². The Morgan fingerprint density at radius 1 is 0.909 bits per heavy atom. The Balaban J connectivity index is 1.97. The monoisotopic (exact) mass is 311 g/mol. The lowest BCUT2D eigenvalue weighted by molar-refractivity contribution is -0.120. The van der Waals surface area contributed by atoms with Crippen LogP contribution in [0.2, 0.25) is 0 Å². The van der Waals surface area contributed by atoms with E-state index in [0.717, 1.165) is 25.7 Å². The van der Waals surface area contributed by atoms with Gasteiger partial charge < -0.3 is 5.73 Å². The zero-order valence-corrected chi connectivity index (χ0v) is 13.4. The van der Waals surface area contributed by atoms with E-state index in [2.05, 4.69) is 48.5 Å². The Morgan fingerprint density at radius 3 is 1.77 bits per heavy atom. The number of primary amides is 1. The third kappa shape index (κ3) is 3.05. The van der Waals surface area contributed by atoms with Gasteiger partial charge in [0.15, 0.2) is 0 Å². The maximum absolute atomic E-state index is 12.1. The van der Waals surface area contributed by atoms with Gasteiger partial charge in [-0.25, -0.2) is 0 Å². The highest BCUT2D eigenvalue weighted by Crippen LogP contribution is 2.50. The fraction of sp³-hybridized carbons (Fsp3) is 0.316. The minimum Gasteiger partial charge on any atom is -0.368 e. The molecular weight excluding hydrogens is 290 g/mol. The van der Waals surface area contributed by atoms with Crippen molar-refractivity contribution in [2.75, 3.05) is 0 Å². The molecular formula is C19H21NOS. The van der Waals surface area contributed by atoms with Gasteiger partial charge in [0.2, 0.25) is 5.91 Å². The van der Waals surface area contributed by atoms with Crippen molar-refractivity contribution in [3.05, 3.63) is 71.8 Å². The summed E-state index contributed by atoms with van der Waals surface area (Å²) in [6.45, 7) is 0. The minimum absolute atomic E-state index is 0.146. The number of carbonyl (C=O) groups excluding carboxylic acids is 1. The zero-order valence-electron chi connectivity index (χ0n) is 12.6. The van der Waals surface area contributed by atoms with E-state index >= 15 is 0 Å². The highest BCUT2D eigenvalue weighted by atomic mass is 32.2. The van der Waals surface area contributed by atoms with Crippen molar-refractivity contribution in [1.82, 2.24) is 0 Å². The predicted octanol–water partition coefficient (Wildman–Crippen LogP) is 4.31. The van der Waals surface area contributed by atoms with Gasteiger partial charge in [-0.1, -0.05) is 73.5 Å². The molecule has 0 atom stereocenters. The number of carbonyl (C=O) groups is 1. The van der Waals surface area contributed by atoms with Crippen molar-refractivity contribution < 1.29 is 4.79 Å². The molecule has 2 aromatic rings. The molecule has 0 unspecified atom stereocenters. The first-order valence-corrected chi connectivity index (χ1v) is 8.67. The third-order valence-corrected chi connectivity index (χ3v) is 6.25. The molecule has 0 heterocycles. The molecule has 0 aliphatic heterocycles. The molecule has 1 saturated carbocycles. The number of amides is 1. The highest BCUT2D eigenvalue weighted by Gasteiger charge is 2.42. The number of hydrogen-bond acceptors (Lipinski definition) is 2. The summed E-state index contributed by atoms with van der Waals surface area (Å²) < 4.78 is -0.420. The molecule has 0 aromatic heterocycles. The lowest BCUT2D eigenvalue weighted by Gasteiger charge is -2.30. The molecule has 22 heavy (non-hydrogen) atoms. The SMILES string of the molecule is NC(=O)C1(SC(c2ccccc2)c2ccccc2)CCCC1. The standard InChI is InChI=1S/C19H21NOS/c20-18(21)19(13-7-8-14-19)22-17(15-9-3-1-4-10-15)16-11-5-2-6-12-16/h1-6,9-12,17H,7-8,13-14H2,(H2,20,21). The second-order valence-electron chi connectivity index (χ2n) is 5.88. The maximum atomic E-state index is 12.1. The van der Waals surface area contributed by atoms with E-state index in [4.69, 9.17) is 5.73 Å². The van der Waals surface area contributed by atoms with Gasteiger partial charge in [0.25, 0.3) is 0 Å². The van der Waals surface area contributed by atoms with Crippen molar-refractivity contribution in [2.24, 2.45) is 5.73 Å². The van der Waals surface area contributed by atoms with Crippen LogP contribution in [-0.2, 0) is 4.79 Å². The molecule has 2 aromatic carbocycles. The summed E-state index contributed by atoms with van der Waals surface area (Å²) in [5, 5.41) is 0.146. The summed E-state index contributed by atoms with van der Waals surface area (Å²) in [5.41, 5.74) is 8.23. The van der Waals surface area contributed by atoms with E-state index in [1.165, 1.54) is 11.1 Å². The first-order valence-electron chi connectivity index (χ1n) is 7.79. The molecule has 1 amide bonds. The Bertz CT molecular complexity index is 581. The van der Waals surface area contributed by atoms with E-state index in [1.807, 2.05) is 12.1 Å². The molecule has 3 rings (SSSR count). The maximum Gasteiger partial charge on any atom is 0.233 e. The van der Waals surface area contributed by atoms with Crippen molar-refractivity contribution in [1.29, 1.82) is 0 Å². The summed E-state index contributed by atoms with van der Waals surface area (Å²) in [6.07, 6.45) is 3.96. The zero-order chi connectivity index (χ0) is 15.4. The van der Waals surface area contributed by atoms with Gasteiger partial charge in [-0.2, -0.15) is 0 Å². The number of benzene rings is 2. The van der Waals surface area contributed by atoms with Crippen LogP contribution in [0.25, 0.3) is 0 Å². The summed E-state index contributed by atoms with van der Waals surface area (Å²) in [5.74, 6) is -0.160. The summed E-state index contributed by atoms with van der Waals surface area (Å²) in [7, 11) is 0. The number of rotatable bonds is 5. The molecule has 2 N–H and O–H groups in total. The molecule has 114 valence electrons. The fourth-order valence-electron chi connectivity index (χ4n) is 3.18. The first kappa shape index (κ1) is 15.2. The molecule has 2 nitrogen and oxygen atoms in total. The Hall–Kier alpha value is -1.74. The lowest BCUT2D eigenvalue weighted by atomic mass is 10.0. The van der Waals surface area contributed by atoms with Crippen LogP contribution in [0.5, 0.6) is 0 Å². The van der Waals surface area contributed by atoms with E-state index in [1.54, 1.807) is 11.8 Å². The van der Waals surface area contributed by atoms with Crippen LogP contribution in [-0.4, -0.2) is 10.7 Å². The van der Waals surface area contributed by atoms with E-state index < -0.39 is 4.75 Å². The molecule has 1 aliphatic carbocycles. The number of hydrogen-bond donors (Lipinski definition) is 1. The smallest absolute Gasteiger partial charge is 0.233 e. The summed E-state index contributed by atoms with van der Waals surface area (Å²) >= 11 is 1.74. The van der Waals surface area contributed by atoms with Crippen LogP contribution < -0.4 is 5.73 Å². The molecule has 0 saturated heterocycles. The van der Waals surface area contributed by atoms with Gasteiger partial charge in [0.1, 0.15) is 0 Å². The lowest BCUT2D eigenvalue weighted by Crippen LogP contribution is -2.39. The van der Waals surface area contributed by atoms with Gasteiger partial charge in [-0.3, -0.25) is 4.79 Å². The molecule has 0 bridgehead atoms. The van der Waals surface area contributed by atoms with Gasteiger partial charge >= 0.3 is 0 Å². The summed E-state index contributed by atoms with van der Waals surface area (Å²) in [4.78, 5) is 12.1. The normalized spacial score (nSPS) is 16.8. The van der Waals surface area contributed by atoms with Gasteiger partial charge in [-0.05, 0) is 24.0 Å². The second kappa shape index (κ2) is 6.57. The highest BCUT2D eigenvalue weighted by molar-refractivity contribution is 8.01. The van der Waals surface area contributed by atoms with Crippen molar-refractivity contribution >= 4 is 17.7 Å². The Labute approximate surface area is 136 Å². The van der Waals surface area contributed by atoms with Gasteiger partial charge in [0, 0.05) is 0 Å². The Kier molecular flexibility index (Phi) is 4.53. The van der Waals surface area contributed by atoms with Crippen LogP contribution in [0.3, 0.4) is 0 Å². The fourth-order valence-corrected chi connectivity index (χ4v) is 4.86. The number of thioether (sulfide) groups is 1. The molecule has 1 aliphatic rings. The van der Waals surface area contributed by atoms with E-state index in [9.17, 15) is 4.79 Å². The van der Waals surface area contributed by atoms with Gasteiger partial charge in [0.05, 0.1) is 10.00 Å². The predicted molar refractivity (Wildman–Crippen MR) is 92.7 cm³/mol. The quantitative estimate of drug-likeness (QED) is 0.894. The van der Waals surface area contributed by atoms with Crippen molar-refractivity contribution in [2.45, 2.75) is 35.7 Å². The van der Waals surface area contributed by atoms with Crippen LogP contribution in [0.15, 0.2) is 60.7 Å². The largest absolute Gasteiger partial charge is 0.368 e. The van der Waals surface area contributed by atoms with Crippen LogP contribution >= 0.6 is 11.8 Å². The van der Waals surface area contributed by atoms with Crippen molar-refractivity contribution in [3.63, 3.8) is 0 Å². The van der Waals surface area contributed by atoms with Gasteiger partial charge in [-0.15, -0.1) is 11.8 Å². The minimum atomic E-state index is -0.420. The summed E-state index contributed by atoms with van der Waals surface area (Å²) in [6, 6.07) is 20.8. The topological polar surface area (TPSA) is 43.1 Å². The Morgan fingerprint density at radius 2 is 1.36 bits per heavy atom. The van der Waals surface area contributed by atoms with Crippen molar-refractivity contribution in [3.8, 4) is 0 Å². The average Bonchev–Trinajstić information content (AvgIpc) is 3.04. The second-order valence-corrected chi connectivity index (χ2v) is 7.37. The first-order chi connectivity index (χ1) is 10.7. The third-order valence-electron chi connectivity index (χ3n) is 4.41. The average molecular weight is 311 g/mol. The molecule has 1 fully saturated rings. The molecule has 3 heteroatoms. The van der Waals surface area contributed by atoms with Crippen LogP contribution in [0, 0.1) is 0 Å². The molecule has 0 spiro atoms.